The van der Waals surface area contributed by atoms with Crippen molar-refractivity contribution in [2.75, 3.05) is 6.61 Å². The molecule has 0 saturated heterocycles. The van der Waals surface area contributed by atoms with Gasteiger partial charge in [0.25, 0.3) is 5.92 Å². The van der Waals surface area contributed by atoms with E-state index < -0.39 is 24.4 Å². The molecule has 0 aliphatic heterocycles. The van der Waals surface area contributed by atoms with Gasteiger partial charge in [0.1, 0.15) is 5.75 Å². The van der Waals surface area contributed by atoms with Crippen molar-refractivity contribution >= 4 is 5.97 Å². The quantitative estimate of drug-likeness (QED) is 0.866. The molecule has 1 aromatic carbocycles. The molecule has 17 heavy (non-hydrogen) atoms. The lowest BCUT2D eigenvalue weighted by molar-refractivity contribution is -0.138. The van der Waals surface area contributed by atoms with Crippen LogP contribution in [-0.2, 0) is 4.79 Å². The van der Waals surface area contributed by atoms with Gasteiger partial charge in [0.2, 0.25) is 0 Å². The van der Waals surface area contributed by atoms with Gasteiger partial charge in [-0.3, -0.25) is 4.79 Å². The third-order valence-electron chi connectivity index (χ3n) is 2.22. The minimum absolute atomic E-state index is 0.247. The van der Waals surface area contributed by atoms with Crippen molar-refractivity contribution in [3.8, 4) is 5.75 Å². The van der Waals surface area contributed by atoms with Gasteiger partial charge < -0.3 is 9.84 Å². The van der Waals surface area contributed by atoms with E-state index in [4.69, 9.17) is 9.84 Å². The highest BCUT2D eigenvalue weighted by atomic mass is 19.3. The first-order chi connectivity index (χ1) is 7.79. The van der Waals surface area contributed by atoms with Gasteiger partial charge in [-0.2, -0.15) is 0 Å². The maximum atomic E-state index is 12.6. The summed E-state index contributed by atoms with van der Waals surface area (Å²) < 4.78 is 30.1. The highest BCUT2D eigenvalue weighted by molar-refractivity contribution is 5.75. The number of ether oxygens (including phenoxy) is 1. The fourth-order valence-electron chi connectivity index (χ4n) is 1.23. The number of hydrogen-bond acceptors (Lipinski definition) is 2. The predicted octanol–water partition coefficient (Wildman–Crippen LogP) is 2.91. The number of carboxylic acid groups (broad SMARTS) is 1. The Morgan fingerprint density at radius 1 is 1.53 bits per heavy atom. The summed E-state index contributed by atoms with van der Waals surface area (Å²) in [4.78, 5) is 10.8. The zero-order valence-electron chi connectivity index (χ0n) is 9.61. The molecule has 1 rings (SSSR count). The number of rotatable bonds is 5. The van der Waals surface area contributed by atoms with Crippen LogP contribution in [0, 0.1) is 0 Å². The molecule has 0 heterocycles. The predicted molar refractivity (Wildman–Crippen MR) is 58.6 cm³/mol. The van der Waals surface area contributed by atoms with E-state index in [1.807, 2.05) is 0 Å². The number of alkyl halides is 2. The van der Waals surface area contributed by atoms with Gasteiger partial charge in [-0.1, -0.05) is 12.1 Å². The second-order valence-corrected chi connectivity index (χ2v) is 3.99. The summed E-state index contributed by atoms with van der Waals surface area (Å²) in [7, 11) is 0. The van der Waals surface area contributed by atoms with Crippen LogP contribution < -0.4 is 4.74 Å². The molecule has 94 valence electrons. The van der Waals surface area contributed by atoms with Crippen LogP contribution in [0.25, 0.3) is 0 Å². The van der Waals surface area contributed by atoms with E-state index in [-0.39, 0.29) is 5.75 Å². The molecule has 1 N–H and O–H groups in total. The molecule has 0 fully saturated rings. The average molecular weight is 244 g/mol. The third kappa shape index (κ3) is 4.38. The SMILES string of the molecule is CC(C(=O)O)c1cccc(OCC(C)(F)F)c1. The van der Waals surface area contributed by atoms with E-state index in [0.717, 1.165) is 6.92 Å². The normalized spacial score (nSPS) is 13.2. The van der Waals surface area contributed by atoms with E-state index >= 15 is 0 Å². The zero-order chi connectivity index (χ0) is 13.1. The van der Waals surface area contributed by atoms with Crippen LogP contribution in [0.1, 0.15) is 25.3 Å². The van der Waals surface area contributed by atoms with Crippen molar-refractivity contribution in [3.63, 3.8) is 0 Å². The van der Waals surface area contributed by atoms with Crippen molar-refractivity contribution in [3.05, 3.63) is 29.8 Å². The van der Waals surface area contributed by atoms with Crippen LogP contribution in [0.3, 0.4) is 0 Å². The van der Waals surface area contributed by atoms with Crippen molar-refractivity contribution in [1.29, 1.82) is 0 Å². The van der Waals surface area contributed by atoms with Crippen LogP contribution in [0.5, 0.6) is 5.75 Å². The molecule has 0 aromatic heterocycles. The largest absolute Gasteiger partial charge is 0.487 e. The first-order valence-electron chi connectivity index (χ1n) is 5.13. The zero-order valence-corrected chi connectivity index (χ0v) is 9.61. The molecule has 1 aromatic rings. The Morgan fingerprint density at radius 2 is 2.18 bits per heavy atom. The van der Waals surface area contributed by atoms with Gasteiger partial charge >= 0.3 is 5.97 Å². The van der Waals surface area contributed by atoms with Crippen molar-refractivity contribution < 1.29 is 23.4 Å². The minimum Gasteiger partial charge on any atom is -0.487 e. The van der Waals surface area contributed by atoms with Gasteiger partial charge in [0.05, 0.1) is 5.92 Å². The van der Waals surface area contributed by atoms with Gasteiger partial charge in [0.15, 0.2) is 6.61 Å². The summed E-state index contributed by atoms with van der Waals surface area (Å²) in [6.45, 7) is 1.56. The molecule has 5 heteroatoms. The number of carboxylic acids is 1. The summed E-state index contributed by atoms with van der Waals surface area (Å²) in [5.74, 6) is -4.32. The number of benzene rings is 1. The lowest BCUT2D eigenvalue weighted by Gasteiger charge is -2.13. The first kappa shape index (κ1) is 13.4. The van der Waals surface area contributed by atoms with Gasteiger partial charge in [-0.05, 0) is 24.6 Å². The van der Waals surface area contributed by atoms with Crippen molar-refractivity contribution in [1.82, 2.24) is 0 Å². The topological polar surface area (TPSA) is 46.5 Å². The first-order valence-corrected chi connectivity index (χ1v) is 5.13. The lowest BCUT2D eigenvalue weighted by Crippen LogP contribution is -2.21. The number of carbonyl (C=O) groups is 1. The van der Waals surface area contributed by atoms with E-state index in [1.54, 1.807) is 12.1 Å². The molecule has 0 amide bonds. The van der Waals surface area contributed by atoms with Crippen molar-refractivity contribution in [2.24, 2.45) is 0 Å². The maximum Gasteiger partial charge on any atom is 0.310 e. The molecular weight excluding hydrogens is 230 g/mol. The lowest BCUT2D eigenvalue weighted by atomic mass is 10.0. The fraction of sp³-hybridized carbons (Fsp3) is 0.417. The van der Waals surface area contributed by atoms with E-state index in [1.165, 1.54) is 19.1 Å². The second-order valence-electron chi connectivity index (χ2n) is 3.99. The van der Waals surface area contributed by atoms with Crippen LogP contribution in [0.4, 0.5) is 8.78 Å². The average Bonchev–Trinajstić information content (AvgIpc) is 2.24. The third-order valence-corrected chi connectivity index (χ3v) is 2.22. The molecule has 3 nitrogen and oxygen atoms in total. The summed E-state index contributed by atoms with van der Waals surface area (Å²) >= 11 is 0. The van der Waals surface area contributed by atoms with Crippen LogP contribution in [0.2, 0.25) is 0 Å². The maximum absolute atomic E-state index is 12.6. The molecule has 0 aliphatic carbocycles. The van der Waals surface area contributed by atoms with Crippen LogP contribution in [-0.4, -0.2) is 23.6 Å². The van der Waals surface area contributed by atoms with Gasteiger partial charge in [0, 0.05) is 6.92 Å². The second kappa shape index (κ2) is 5.12. The molecule has 1 atom stereocenters. The standard InChI is InChI=1S/C12H14F2O3/c1-8(11(15)16)9-4-3-5-10(6-9)17-7-12(2,13)14/h3-6,8H,7H2,1-2H3,(H,15,16). The Kier molecular flexibility index (Phi) is 4.04. The smallest absolute Gasteiger partial charge is 0.310 e. The summed E-state index contributed by atoms with van der Waals surface area (Å²) in [5.41, 5.74) is 0.523. The number of halogens is 2. The highest BCUT2D eigenvalue weighted by Gasteiger charge is 2.22. The summed E-state index contributed by atoms with van der Waals surface area (Å²) in [6, 6.07) is 6.18. The molecular formula is C12H14F2O3. The minimum atomic E-state index is -2.91. The Balaban J connectivity index is 2.76. The summed E-state index contributed by atoms with van der Waals surface area (Å²) in [6.07, 6.45) is 0. The number of aliphatic carboxylic acids is 1. The molecule has 1 unspecified atom stereocenters. The monoisotopic (exact) mass is 244 g/mol. The van der Waals surface area contributed by atoms with E-state index in [0.29, 0.717) is 5.56 Å². The fourth-order valence-corrected chi connectivity index (χ4v) is 1.23. The van der Waals surface area contributed by atoms with E-state index in [9.17, 15) is 13.6 Å². The molecule has 0 aliphatic rings. The van der Waals surface area contributed by atoms with E-state index in [2.05, 4.69) is 0 Å². The Bertz CT molecular complexity index is 399. The number of hydrogen-bond donors (Lipinski definition) is 1. The Hall–Kier alpha value is -1.65. The van der Waals surface area contributed by atoms with Crippen LogP contribution in [0.15, 0.2) is 24.3 Å². The van der Waals surface area contributed by atoms with Crippen LogP contribution >= 0.6 is 0 Å². The van der Waals surface area contributed by atoms with Crippen molar-refractivity contribution in [2.45, 2.75) is 25.7 Å². The van der Waals surface area contributed by atoms with Gasteiger partial charge in [-0.15, -0.1) is 0 Å². The Morgan fingerprint density at radius 3 is 2.71 bits per heavy atom. The molecule has 0 saturated carbocycles. The molecule has 0 radical (unpaired) electrons. The Labute approximate surface area is 98.0 Å². The molecule has 0 spiro atoms. The summed E-state index contributed by atoms with van der Waals surface area (Å²) in [5, 5.41) is 8.82. The van der Waals surface area contributed by atoms with Gasteiger partial charge in [-0.25, -0.2) is 8.78 Å². The highest BCUT2D eigenvalue weighted by Crippen LogP contribution is 2.22. The molecule has 0 bridgehead atoms.